The van der Waals surface area contributed by atoms with Gasteiger partial charge in [-0.1, -0.05) is 12.1 Å². The minimum atomic E-state index is -4.78. The zero-order chi connectivity index (χ0) is 35.5. The highest BCUT2D eigenvalue weighted by Crippen LogP contribution is 2.37. The fraction of sp³-hybridized carbons (Fsp3) is 0.364. The van der Waals surface area contributed by atoms with Crippen molar-refractivity contribution in [2.45, 2.75) is 56.3 Å². The molecule has 1 aromatic heterocycles. The lowest BCUT2D eigenvalue weighted by molar-refractivity contribution is 0.00280. The van der Waals surface area contributed by atoms with Crippen LogP contribution >= 0.6 is 11.5 Å². The molecule has 0 N–H and O–H groups in total. The molecule has 4 aromatic rings. The van der Waals surface area contributed by atoms with Crippen LogP contribution < -0.4 is 18.5 Å². The van der Waals surface area contributed by atoms with Crippen molar-refractivity contribution < 1.29 is 45.3 Å². The van der Waals surface area contributed by atoms with Crippen molar-refractivity contribution in [2.75, 3.05) is 31.6 Å². The van der Waals surface area contributed by atoms with Crippen LogP contribution in [0.25, 0.3) is 0 Å². The van der Waals surface area contributed by atoms with Crippen molar-refractivity contribution >= 4 is 32.8 Å². The molecule has 1 aliphatic rings. The Morgan fingerprint density at radius 3 is 2.37 bits per heavy atom. The summed E-state index contributed by atoms with van der Waals surface area (Å²) in [6, 6.07) is 11.6. The van der Waals surface area contributed by atoms with E-state index in [0.717, 1.165) is 22.2 Å². The summed E-state index contributed by atoms with van der Waals surface area (Å²) in [5, 5.41) is -0.0930. The van der Waals surface area contributed by atoms with Crippen molar-refractivity contribution in [1.29, 1.82) is 0 Å². The van der Waals surface area contributed by atoms with Crippen LogP contribution in [0.1, 0.15) is 44.2 Å². The van der Waals surface area contributed by atoms with Crippen LogP contribution in [-0.4, -0.2) is 67.8 Å². The maximum Gasteiger partial charge on any atom is 0.410 e. The topological polar surface area (TPSA) is 120 Å². The van der Waals surface area contributed by atoms with E-state index in [1.165, 1.54) is 31.3 Å². The van der Waals surface area contributed by atoms with Gasteiger partial charge in [-0.2, -0.15) is 4.37 Å². The predicted molar refractivity (Wildman–Crippen MR) is 175 cm³/mol. The zero-order valence-electron chi connectivity index (χ0n) is 27.4. The number of nitrogens with zero attached hydrogens (tertiary/aromatic N) is 4. The first kappa shape index (κ1) is 35.7. The number of aromatic nitrogens is 2. The minimum Gasteiger partial charge on any atom is -0.497 e. The first-order chi connectivity index (χ1) is 23.2. The SMILES string of the molecule is COc1ccc(CN(c2ncns2)S(=O)(=O)c2cc(F)c(OC3CN(C(=O)OC(C)(C)C)CCC3c3ccc(F)cc3)cc2F)c(OC)c1. The van der Waals surface area contributed by atoms with E-state index in [9.17, 15) is 17.6 Å². The number of halogens is 3. The summed E-state index contributed by atoms with van der Waals surface area (Å²) >= 11 is 0.747. The third kappa shape index (κ3) is 8.19. The summed E-state index contributed by atoms with van der Waals surface area (Å²) in [4.78, 5) is 17.4. The first-order valence-electron chi connectivity index (χ1n) is 15.1. The van der Waals surface area contributed by atoms with E-state index < -0.39 is 61.8 Å². The van der Waals surface area contributed by atoms with Crippen molar-refractivity contribution in [1.82, 2.24) is 14.3 Å². The number of sulfonamides is 1. The van der Waals surface area contributed by atoms with Gasteiger partial charge in [0.2, 0.25) is 5.13 Å². The molecule has 0 bridgehead atoms. The van der Waals surface area contributed by atoms with Gasteiger partial charge in [0.05, 0.1) is 27.3 Å². The van der Waals surface area contributed by atoms with Crippen molar-refractivity contribution in [3.63, 3.8) is 0 Å². The lowest BCUT2D eigenvalue weighted by Gasteiger charge is -2.39. The largest absolute Gasteiger partial charge is 0.497 e. The van der Waals surface area contributed by atoms with E-state index in [1.54, 1.807) is 51.1 Å². The van der Waals surface area contributed by atoms with E-state index >= 15 is 8.78 Å². The molecule has 16 heteroatoms. The Bertz CT molecular complexity index is 1890. The van der Waals surface area contributed by atoms with Gasteiger partial charge in [-0.15, -0.1) is 0 Å². The molecule has 262 valence electrons. The number of methoxy groups -OCH3 is 2. The van der Waals surface area contributed by atoms with Gasteiger partial charge in [0.15, 0.2) is 11.6 Å². The molecule has 49 heavy (non-hydrogen) atoms. The molecule has 0 radical (unpaired) electrons. The van der Waals surface area contributed by atoms with E-state index in [-0.39, 0.29) is 24.8 Å². The van der Waals surface area contributed by atoms with Crippen LogP contribution in [0, 0.1) is 17.5 Å². The van der Waals surface area contributed by atoms with Gasteiger partial charge in [-0.05, 0) is 57.0 Å². The van der Waals surface area contributed by atoms with Crippen LogP contribution in [0.5, 0.6) is 17.2 Å². The number of ether oxygens (including phenoxy) is 4. The molecule has 11 nitrogen and oxygen atoms in total. The van der Waals surface area contributed by atoms with Gasteiger partial charge < -0.3 is 23.8 Å². The number of hydrogen-bond acceptors (Lipinski definition) is 10. The highest BCUT2D eigenvalue weighted by Gasteiger charge is 2.38. The Morgan fingerprint density at radius 1 is 1.00 bits per heavy atom. The number of carbonyl (C=O) groups excluding carboxylic acids is 1. The van der Waals surface area contributed by atoms with E-state index in [2.05, 4.69) is 9.36 Å². The Morgan fingerprint density at radius 2 is 1.73 bits per heavy atom. The Labute approximate surface area is 286 Å². The summed E-state index contributed by atoms with van der Waals surface area (Å²) in [7, 11) is -1.92. The number of anilines is 1. The number of hydrogen-bond donors (Lipinski definition) is 0. The molecular weight excluding hydrogens is 686 g/mol. The molecule has 1 aliphatic heterocycles. The number of rotatable bonds is 10. The number of benzene rings is 3. The fourth-order valence-corrected chi connectivity index (χ4v) is 7.56. The molecule has 1 fully saturated rings. The highest BCUT2D eigenvalue weighted by molar-refractivity contribution is 7.93. The van der Waals surface area contributed by atoms with Gasteiger partial charge in [0.1, 0.15) is 46.1 Å². The molecule has 3 aromatic carbocycles. The standard InChI is InChI=1S/C33H35F3N4O7S2/c1-33(2,3)47-32(41)39-13-12-24(20-6-9-22(34)10-7-20)29(18-39)46-28-15-26(36)30(16-25(28)35)49(42,43)40(31-37-19-38-48-31)17-21-8-11-23(44-4)14-27(21)45-5/h6-11,14-16,19,24,29H,12-13,17-18H2,1-5H3. The van der Waals surface area contributed by atoms with Gasteiger partial charge >= 0.3 is 6.09 Å². The molecule has 0 aliphatic carbocycles. The van der Waals surface area contributed by atoms with E-state index in [1.807, 2.05) is 0 Å². The Balaban J connectivity index is 1.47. The average Bonchev–Trinajstić information content (AvgIpc) is 3.59. The molecule has 2 heterocycles. The lowest BCUT2D eigenvalue weighted by atomic mass is 9.87. The second-order valence-corrected chi connectivity index (χ2v) is 14.7. The third-order valence-corrected chi connectivity index (χ3v) is 10.3. The van der Waals surface area contributed by atoms with Gasteiger partial charge in [0.25, 0.3) is 10.0 Å². The zero-order valence-corrected chi connectivity index (χ0v) is 29.0. The second-order valence-electron chi connectivity index (χ2n) is 12.2. The molecular formula is C33H35F3N4O7S2. The molecule has 0 saturated carbocycles. The van der Waals surface area contributed by atoms with Gasteiger partial charge in [0, 0.05) is 47.8 Å². The molecule has 5 rings (SSSR count). The Hall–Kier alpha value is -4.57. The van der Waals surface area contributed by atoms with Crippen LogP contribution in [-0.2, 0) is 21.3 Å². The fourth-order valence-electron chi connectivity index (χ4n) is 5.37. The maximum absolute atomic E-state index is 15.9. The monoisotopic (exact) mass is 720 g/mol. The minimum absolute atomic E-state index is 0.0629. The number of piperidine rings is 1. The van der Waals surface area contributed by atoms with Crippen molar-refractivity contribution in [2.24, 2.45) is 0 Å². The summed E-state index contributed by atoms with van der Waals surface area (Å²) in [5.41, 5.74) is 0.275. The summed E-state index contributed by atoms with van der Waals surface area (Å²) < 4.78 is 100. The maximum atomic E-state index is 15.9. The second kappa shape index (κ2) is 14.5. The summed E-state index contributed by atoms with van der Waals surface area (Å²) in [6.45, 7) is 5.01. The van der Waals surface area contributed by atoms with Crippen LogP contribution in [0.3, 0.4) is 0 Å². The van der Waals surface area contributed by atoms with Crippen molar-refractivity contribution in [3.05, 3.63) is 89.5 Å². The molecule has 0 spiro atoms. The molecule has 2 unspecified atom stereocenters. The van der Waals surface area contributed by atoms with Gasteiger partial charge in [-0.25, -0.2) is 35.7 Å². The smallest absolute Gasteiger partial charge is 0.410 e. The average molecular weight is 721 g/mol. The quantitative estimate of drug-likeness (QED) is 0.180. The molecule has 1 amide bonds. The van der Waals surface area contributed by atoms with E-state index in [0.29, 0.717) is 41.2 Å². The first-order valence-corrected chi connectivity index (χ1v) is 17.3. The number of amides is 1. The Kier molecular flexibility index (Phi) is 10.6. The van der Waals surface area contributed by atoms with E-state index in [4.69, 9.17) is 18.9 Å². The molecule has 2 atom stereocenters. The number of likely N-dealkylation sites (tertiary alicyclic amines) is 1. The summed E-state index contributed by atoms with van der Waals surface area (Å²) in [5.74, 6) is -3.16. The predicted octanol–water partition coefficient (Wildman–Crippen LogP) is 6.54. The van der Waals surface area contributed by atoms with Crippen LogP contribution in [0.15, 0.2) is 65.8 Å². The van der Waals surface area contributed by atoms with Crippen LogP contribution in [0.2, 0.25) is 0 Å². The third-order valence-electron chi connectivity index (χ3n) is 7.71. The number of carbonyl (C=O) groups is 1. The van der Waals surface area contributed by atoms with Crippen molar-refractivity contribution in [3.8, 4) is 17.2 Å². The summed E-state index contributed by atoms with van der Waals surface area (Å²) in [6.07, 6.45) is -0.0534. The van der Waals surface area contributed by atoms with Crippen LogP contribution in [0.4, 0.5) is 23.1 Å². The molecule has 1 saturated heterocycles. The normalized spacial score (nSPS) is 16.6. The van der Waals surface area contributed by atoms with Gasteiger partial charge in [-0.3, -0.25) is 0 Å². The highest BCUT2D eigenvalue weighted by atomic mass is 32.2. The lowest BCUT2D eigenvalue weighted by Crippen LogP contribution is -2.49.